The average Bonchev–Trinajstić information content (AvgIpc) is 3.60. The number of carboxylic acids is 1. The molecule has 6 nitrogen and oxygen atoms in total. The van der Waals surface area contributed by atoms with E-state index in [1.165, 1.54) is 0 Å². The van der Waals surface area contributed by atoms with E-state index in [0.29, 0.717) is 17.0 Å². The third kappa shape index (κ3) is 3.75. The molecule has 7 heteroatoms. The molecule has 3 aromatic carbocycles. The Morgan fingerprint density at radius 3 is 2.47 bits per heavy atom. The predicted octanol–water partition coefficient (Wildman–Crippen LogP) is 6.52. The molecule has 1 saturated carbocycles. The van der Waals surface area contributed by atoms with Gasteiger partial charge in [0.25, 0.3) is 0 Å². The lowest BCUT2D eigenvalue weighted by atomic mass is 9.89. The van der Waals surface area contributed by atoms with E-state index in [0.717, 1.165) is 44.9 Å². The van der Waals surface area contributed by atoms with Gasteiger partial charge in [-0.3, -0.25) is 4.79 Å². The van der Waals surface area contributed by atoms with E-state index in [-0.39, 0.29) is 17.4 Å². The molecule has 2 heterocycles. The van der Waals surface area contributed by atoms with Gasteiger partial charge in [-0.25, -0.2) is 9.78 Å². The molecule has 2 N–H and O–H groups in total. The summed E-state index contributed by atoms with van der Waals surface area (Å²) >= 11 is 6.71. The van der Waals surface area contributed by atoms with Gasteiger partial charge in [-0.15, -0.1) is 0 Å². The first-order valence-corrected chi connectivity index (χ1v) is 12.8. The number of halogens is 1. The van der Waals surface area contributed by atoms with Gasteiger partial charge in [-0.05, 0) is 77.1 Å². The van der Waals surface area contributed by atoms with Gasteiger partial charge in [-0.1, -0.05) is 48.0 Å². The minimum absolute atomic E-state index is 0.0621. The lowest BCUT2D eigenvalue weighted by molar-refractivity contribution is -0.118. The largest absolute Gasteiger partial charge is 0.478 e. The topological polar surface area (TPSA) is 82.5 Å². The molecular formula is C31H26ClN3O3. The molecule has 38 heavy (non-hydrogen) atoms. The monoisotopic (exact) mass is 523 g/mol. The summed E-state index contributed by atoms with van der Waals surface area (Å²) in [5, 5.41) is 13.2. The molecule has 6 rings (SSSR count). The first-order chi connectivity index (χ1) is 18.2. The quantitative estimate of drug-likeness (QED) is 0.311. The molecule has 0 bridgehead atoms. The van der Waals surface area contributed by atoms with Gasteiger partial charge in [0.05, 0.1) is 16.0 Å². The molecule has 2 aliphatic rings. The van der Waals surface area contributed by atoms with Crippen LogP contribution in [0.25, 0.3) is 22.3 Å². The summed E-state index contributed by atoms with van der Waals surface area (Å²) in [6.45, 7) is 1.78. The lowest BCUT2D eigenvalue weighted by Gasteiger charge is -2.14. The van der Waals surface area contributed by atoms with Crippen molar-refractivity contribution in [1.29, 1.82) is 0 Å². The predicted molar refractivity (Wildman–Crippen MR) is 150 cm³/mol. The maximum Gasteiger partial charge on any atom is 0.335 e. The number of benzene rings is 3. The van der Waals surface area contributed by atoms with E-state index in [1.54, 1.807) is 19.2 Å². The number of aromatic carboxylic acids is 1. The second-order valence-electron chi connectivity index (χ2n) is 10.3. The zero-order valence-electron chi connectivity index (χ0n) is 21.2. The van der Waals surface area contributed by atoms with Crippen molar-refractivity contribution in [2.75, 3.05) is 24.3 Å². The fraction of sp³-hybridized carbons (Fsp3) is 0.194. The minimum Gasteiger partial charge on any atom is -0.478 e. The van der Waals surface area contributed by atoms with Crippen molar-refractivity contribution < 1.29 is 14.7 Å². The number of pyridine rings is 1. The van der Waals surface area contributed by atoms with Crippen LogP contribution in [0.4, 0.5) is 11.5 Å². The van der Waals surface area contributed by atoms with Crippen LogP contribution in [0.2, 0.25) is 5.02 Å². The van der Waals surface area contributed by atoms with Crippen LogP contribution in [0.5, 0.6) is 0 Å². The van der Waals surface area contributed by atoms with Crippen molar-refractivity contribution >= 4 is 35.0 Å². The van der Waals surface area contributed by atoms with Crippen molar-refractivity contribution in [3.05, 3.63) is 100 Å². The summed E-state index contributed by atoms with van der Waals surface area (Å²) < 4.78 is 0. The number of hydrogen-bond acceptors (Lipinski definition) is 4. The fourth-order valence-corrected chi connectivity index (χ4v) is 5.88. The summed E-state index contributed by atoms with van der Waals surface area (Å²) in [6.07, 6.45) is 2.43. The number of fused-ring (bicyclic) bond motifs is 2. The van der Waals surface area contributed by atoms with E-state index in [9.17, 15) is 14.7 Å². The van der Waals surface area contributed by atoms with Gasteiger partial charge < -0.3 is 15.3 Å². The number of carbonyl (C=O) groups is 2. The Morgan fingerprint density at radius 2 is 1.76 bits per heavy atom. The lowest BCUT2D eigenvalue weighted by Crippen LogP contribution is -2.21. The van der Waals surface area contributed by atoms with E-state index < -0.39 is 11.4 Å². The Kier molecular flexibility index (Phi) is 5.54. The third-order valence-electron chi connectivity index (χ3n) is 7.83. The van der Waals surface area contributed by atoms with E-state index in [2.05, 4.69) is 22.4 Å². The molecule has 0 saturated heterocycles. The summed E-state index contributed by atoms with van der Waals surface area (Å²) in [4.78, 5) is 31.3. The number of rotatable bonds is 5. The Bertz CT molecular complexity index is 1630. The van der Waals surface area contributed by atoms with Crippen LogP contribution in [-0.2, 0) is 10.2 Å². The van der Waals surface area contributed by atoms with Crippen molar-refractivity contribution in [2.45, 2.75) is 24.7 Å². The van der Waals surface area contributed by atoms with E-state index >= 15 is 0 Å². The van der Waals surface area contributed by atoms with Gasteiger partial charge in [0.15, 0.2) is 0 Å². The van der Waals surface area contributed by atoms with Gasteiger partial charge in [0.2, 0.25) is 5.91 Å². The number of nitrogens with one attached hydrogen (secondary N) is 1. The number of amides is 1. The Morgan fingerprint density at radius 1 is 1.03 bits per heavy atom. The Balaban J connectivity index is 1.36. The molecule has 1 fully saturated rings. The maximum atomic E-state index is 13.2. The van der Waals surface area contributed by atoms with Crippen molar-refractivity contribution in [3.8, 4) is 22.3 Å². The third-order valence-corrected chi connectivity index (χ3v) is 8.14. The fourth-order valence-electron chi connectivity index (χ4n) is 5.61. The molecule has 190 valence electrons. The molecule has 0 radical (unpaired) electrons. The number of aryl methyl sites for hydroxylation is 1. The van der Waals surface area contributed by atoms with E-state index in [4.69, 9.17) is 11.6 Å². The smallest absolute Gasteiger partial charge is 0.335 e. The summed E-state index contributed by atoms with van der Waals surface area (Å²) in [7, 11) is 3.93. The first kappa shape index (κ1) is 24.2. The highest BCUT2D eigenvalue weighted by atomic mass is 35.5. The number of aromatic nitrogens is 1. The highest BCUT2D eigenvalue weighted by molar-refractivity contribution is 6.34. The SMILES string of the molecule is Cc1ccc(C2CC23C(=O)Nc2cc(Cl)c(-c4ccc(-c5ccnc(N(C)C)c5)cc4)cc23)cc1C(=O)O. The van der Waals surface area contributed by atoms with Crippen LogP contribution < -0.4 is 10.2 Å². The Hall–Kier alpha value is -4.16. The molecule has 1 aliphatic heterocycles. The summed E-state index contributed by atoms with van der Waals surface area (Å²) in [5.41, 5.74) is 6.73. The van der Waals surface area contributed by atoms with Crippen LogP contribution in [0.1, 0.15) is 39.4 Å². The molecule has 1 aromatic heterocycles. The molecule has 1 aliphatic carbocycles. The first-order valence-electron chi connectivity index (χ1n) is 12.4. The normalized spacial score (nSPS) is 19.3. The second kappa shape index (κ2) is 8.71. The highest BCUT2D eigenvalue weighted by Gasteiger charge is 2.65. The molecular weight excluding hydrogens is 498 g/mol. The van der Waals surface area contributed by atoms with Crippen LogP contribution in [0.3, 0.4) is 0 Å². The van der Waals surface area contributed by atoms with Crippen LogP contribution >= 0.6 is 11.6 Å². The number of hydrogen-bond donors (Lipinski definition) is 2. The molecule has 1 amide bonds. The zero-order chi connectivity index (χ0) is 26.8. The van der Waals surface area contributed by atoms with Crippen LogP contribution in [0.15, 0.2) is 72.9 Å². The van der Waals surface area contributed by atoms with Crippen molar-refractivity contribution in [1.82, 2.24) is 4.98 Å². The number of carboxylic acid groups (broad SMARTS) is 1. The molecule has 2 unspecified atom stereocenters. The Labute approximate surface area is 225 Å². The summed E-state index contributed by atoms with van der Waals surface area (Å²) in [5.74, 6) is -0.222. The van der Waals surface area contributed by atoms with Crippen LogP contribution in [-0.4, -0.2) is 36.1 Å². The second-order valence-corrected chi connectivity index (χ2v) is 10.7. The number of carbonyl (C=O) groups excluding carboxylic acids is 1. The standard InChI is InChI=1S/C31H26ClN3O3/c1-17-4-5-21(12-22(17)29(36)37)25-16-31(25)24-14-23(26(32)15-27(24)34-30(31)38)19-8-6-18(7-9-19)20-10-11-33-28(13-20)35(2)3/h4-15,25H,16H2,1-3H3,(H,34,38)(H,36,37). The van der Waals surface area contributed by atoms with Crippen molar-refractivity contribution in [2.24, 2.45) is 0 Å². The number of nitrogens with zero attached hydrogens (tertiary/aromatic N) is 2. The van der Waals surface area contributed by atoms with Crippen LogP contribution in [0, 0.1) is 6.92 Å². The molecule has 1 spiro atoms. The minimum atomic E-state index is -0.961. The van der Waals surface area contributed by atoms with E-state index in [1.807, 2.05) is 67.5 Å². The summed E-state index contributed by atoms with van der Waals surface area (Å²) in [6, 6.07) is 21.5. The average molecular weight is 524 g/mol. The molecule has 4 aromatic rings. The zero-order valence-corrected chi connectivity index (χ0v) is 22.0. The maximum absolute atomic E-state index is 13.2. The highest BCUT2D eigenvalue weighted by Crippen LogP contribution is 2.65. The number of anilines is 2. The van der Waals surface area contributed by atoms with Gasteiger partial charge in [-0.2, -0.15) is 0 Å². The van der Waals surface area contributed by atoms with Gasteiger partial charge in [0, 0.05) is 37.5 Å². The molecule has 2 atom stereocenters. The van der Waals surface area contributed by atoms with Gasteiger partial charge >= 0.3 is 5.97 Å². The van der Waals surface area contributed by atoms with Crippen molar-refractivity contribution in [3.63, 3.8) is 0 Å². The van der Waals surface area contributed by atoms with Gasteiger partial charge in [0.1, 0.15) is 5.82 Å².